The summed E-state index contributed by atoms with van der Waals surface area (Å²) in [6.07, 6.45) is 0.913. The van der Waals surface area contributed by atoms with Crippen LogP contribution in [-0.2, 0) is 14.3 Å². The van der Waals surface area contributed by atoms with Crippen LogP contribution >= 0.6 is 8.81 Å². The van der Waals surface area contributed by atoms with Crippen LogP contribution in [0.4, 0.5) is 0 Å². The van der Waals surface area contributed by atoms with Crippen molar-refractivity contribution >= 4 is 8.81 Å². The SMILES string of the molecule is CCOOCCPOC. The standard InChI is InChI=1S/C5H13O3P/c1-3-7-8-4-5-9-6-2/h9H,3-5H2,1-2H3. The van der Waals surface area contributed by atoms with Crippen molar-refractivity contribution in [1.82, 2.24) is 0 Å². The molecule has 0 saturated carbocycles. The van der Waals surface area contributed by atoms with Crippen LogP contribution in [0.25, 0.3) is 0 Å². The van der Waals surface area contributed by atoms with E-state index in [0.29, 0.717) is 22.0 Å². The third-order valence-electron chi connectivity index (χ3n) is 0.633. The van der Waals surface area contributed by atoms with Crippen molar-refractivity contribution in [2.45, 2.75) is 6.92 Å². The summed E-state index contributed by atoms with van der Waals surface area (Å²) in [6.45, 7) is 3.12. The Balaban J connectivity index is 2.60. The lowest BCUT2D eigenvalue weighted by Crippen LogP contribution is -1.97. The van der Waals surface area contributed by atoms with E-state index in [1.54, 1.807) is 7.11 Å². The Bertz CT molecular complexity index is 45.5. The molecule has 0 heterocycles. The van der Waals surface area contributed by atoms with Gasteiger partial charge in [-0.3, -0.25) is 0 Å². The first-order chi connectivity index (χ1) is 4.41. The molecule has 4 heteroatoms. The second-order valence-corrected chi connectivity index (χ2v) is 2.52. The Morgan fingerprint density at radius 2 is 2.11 bits per heavy atom. The zero-order valence-electron chi connectivity index (χ0n) is 5.85. The molecule has 0 bridgehead atoms. The second kappa shape index (κ2) is 8.31. The third kappa shape index (κ3) is 8.31. The first kappa shape index (κ1) is 9.31. The summed E-state index contributed by atoms with van der Waals surface area (Å²) in [5.41, 5.74) is 0. The monoisotopic (exact) mass is 152 g/mol. The van der Waals surface area contributed by atoms with Crippen molar-refractivity contribution in [3.63, 3.8) is 0 Å². The Labute approximate surface area is 57.5 Å². The second-order valence-electron chi connectivity index (χ2n) is 1.33. The molecular formula is C5H13O3P. The van der Waals surface area contributed by atoms with Crippen molar-refractivity contribution in [3.8, 4) is 0 Å². The molecule has 0 aliphatic heterocycles. The van der Waals surface area contributed by atoms with Gasteiger partial charge in [-0.2, -0.15) is 0 Å². The van der Waals surface area contributed by atoms with Crippen LogP contribution in [-0.4, -0.2) is 26.5 Å². The molecule has 0 aromatic heterocycles. The van der Waals surface area contributed by atoms with Gasteiger partial charge in [0.25, 0.3) is 0 Å². The van der Waals surface area contributed by atoms with E-state index in [2.05, 4.69) is 4.89 Å². The molecule has 0 spiro atoms. The fraction of sp³-hybridized carbons (Fsp3) is 1.00. The topological polar surface area (TPSA) is 27.7 Å². The molecule has 0 aromatic carbocycles. The summed E-state index contributed by atoms with van der Waals surface area (Å²) in [5, 5.41) is 0. The first-order valence-corrected chi connectivity index (χ1v) is 4.03. The molecule has 0 rings (SSSR count). The average molecular weight is 152 g/mol. The number of hydrogen-bond acceptors (Lipinski definition) is 3. The molecular weight excluding hydrogens is 139 g/mol. The third-order valence-corrected chi connectivity index (χ3v) is 1.33. The Hall–Kier alpha value is 0.310. The van der Waals surface area contributed by atoms with Gasteiger partial charge in [-0.15, -0.1) is 0 Å². The van der Waals surface area contributed by atoms with Crippen LogP contribution in [0, 0.1) is 0 Å². The fourth-order valence-corrected chi connectivity index (χ4v) is 0.698. The van der Waals surface area contributed by atoms with Gasteiger partial charge in [-0.05, 0) is 6.92 Å². The first-order valence-electron chi connectivity index (χ1n) is 2.92. The summed E-state index contributed by atoms with van der Waals surface area (Å²) < 4.78 is 4.81. The van der Waals surface area contributed by atoms with Gasteiger partial charge in [0.15, 0.2) is 0 Å². The summed E-state index contributed by atoms with van der Waals surface area (Å²) in [7, 11) is 2.20. The van der Waals surface area contributed by atoms with E-state index in [0.717, 1.165) is 6.16 Å². The van der Waals surface area contributed by atoms with Gasteiger partial charge in [0, 0.05) is 22.1 Å². The van der Waals surface area contributed by atoms with Gasteiger partial charge in [0.1, 0.15) is 0 Å². The molecule has 1 unspecified atom stereocenters. The summed E-state index contributed by atoms with van der Waals surface area (Å²) in [6, 6.07) is 0. The molecule has 0 amide bonds. The van der Waals surface area contributed by atoms with E-state index >= 15 is 0 Å². The van der Waals surface area contributed by atoms with Crippen molar-refractivity contribution in [2.24, 2.45) is 0 Å². The maximum atomic E-state index is 4.81. The lowest BCUT2D eigenvalue weighted by atomic mass is 10.9. The number of hydrogen-bond donors (Lipinski definition) is 0. The van der Waals surface area contributed by atoms with E-state index in [1.165, 1.54) is 0 Å². The Morgan fingerprint density at radius 3 is 2.67 bits per heavy atom. The van der Waals surface area contributed by atoms with Crippen molar-refractivity contribution in [2.75, 3.05) is 26.5 Å². The lowest BCUT2D eigenvalue weighted by Gasteiger charge is -1.99. The van der Waals surface area contributed by atoms with Gasteiger partial charge in [-0.1, -0.05) is 0 Å². The predicted molar refractivity (Wildman–Crippen MR) is 37.8 cm³/mol. The van der Waals surface area contributed by atoms with E-state index in [9.17, 15) is 0 Å². The quantitative estimate of drug-likeness (QED) is 0.247. The van der Waals surface area contributed by atoms with Crippen molar-refractivity contribution in [3.05, 3.63) is 0 Å². The van der Waals surface area contributed by atoms with Crippen LogP contribution < -0.4 is 0 Å². The van der Waals surface area contributed by atoms with E-state index in [1.807, 2.05) is 6.92 Å². The van der Waals surface area contributed by atoms with Gasteiger partial charge in [0.2, 0.25) is 0 Å². The highest BCUT2D eigenvalue weighted by Crippen LogP contribution is 2.07. The molecule has 0 aromatic rings. The molecule has 1 atom stereocenters. The van der Waals surface area contributed by atoms with Gasteiger partial charge in [0.05, 0.1) is 13.2 Å². The maximum absolute atomic E-state index is 4.81. The number of rotatable bonds is 6. The van der Waals surface area contributed by atoms with Crippen LogP contribution in [0.2, 0.25) is 0 Å². The Morgan fingerprint density at radius 1 is 1.33 bits per heavy atom. The molecule has 0 radical (unpaired) electrons. The molecule has 0 aliphatic rings. The molecule has 0 aliphatic carbocycles. The van der Waals surface area contributed by atoms with Crippen LogP contribution in [0.3, 0.4) is 0 Å². The fourth-order valence-electron chi connectivity index (χ4n) is 0.328. The maximum Gasteiger partial charge on any atom is 0.0880 e. The Kier molecular flexibility index (Phi) is 8.60. The van der Waals surface area contributed by atoms with E-state index < -0.39 is 0 Å². The van der Waals surface area contributed by atoms with Gasteiger partial charge < -0.3 is 4.52 Å². The van der Waals surface area contributed by atoms with E-state index in [4.69, 9.17) is 9.41 Å². The van der Waals surface area contributed by atoms with Crippen LogP contribution in [0.5, 0.6) is 0 Å². The minimum absolute atomic E-state index is 0.521. The zero-order chi connectivity index (χ0) is 6.95. The van der Waals surface area contributed by atoms with Crippen molar-refractivity contribution in [1.29, 1.82) is 0 Å². The largest absolute Gasteiger partial charge is 0.366 e. The van der Waals surface area contributed by atoms with E-state index in [-0.39, 0.29) is 0 Å². The van der Waals surface area contributed by atoms with Crippen LogP contribution in [0.15, 0.2) is 0 Å². The highest BCUT2D eigenvalue weighted by atomic mass is 31.1. The predicted octanol–water partition coefficient (Wildman–Crippen LogP) is 1.19. The average Bonchev–Trinajstić information content (AvgIpc) is 1.89. The minimum Gasteiger partial charge on any atom is -0.366 e. The van der Waals surface area contributed by atoms with Crippen LogP contribution in [0.1, 0.15) is 6.92 Å². The molecule has 0 saturated heterocycles. The highest BCUT2D eigenvalue weighted by Gasteiger charge is 1.85. The summed E-state index contributed by atoms with van der Waals surface area (Å²) in [5.74, 6) is 0. The lowest BCUT2D eigenvalue weighted by molar-refractivity contribution is -0.287. The molecule has 0 N–H and O–H groups in total. The van der Waals surface area contributed by atoms with Gasteiger partial charge in [-0.25, -0.2) is 9.78 Å². The summed E-state index contributed by atoms with van der Waals surface area (Å²) >= 11 is 0. The molecule has 56 valence electrons. The zero-order valence-corrected chi connectivity index (χ0v) is 6.85. The smallest absolute Gasteiger partial charge is 0.0880 e. The minimum atomic E-state index is 0.521. The molecule has 3 nitrogen and oxygen atoms in total. The summed E-state index contributed by atoms with van der Waals surface area (Å²) in [4.78, 5) is 9.34. The highest BCUT2D eigenvalue weighted by molar-refractivity contribution is 7.32. The molecule has 9 heavy (non-hydrogen) atoms. The normalized spacial score (nSPS) is 11.3. The van der Waals surface area contributed by atoms with Gasteiger partial charge >= 0.3 is 0 Å². The van der Waals surface area contributed by atoms with Crippen molar-refractivity contribution < 1.29 is 14.3 Å². The molecule has 0 fully saturated rings.